The lowest BCUT2D eigenvalue weighted by molar-refractivity contribution is -0.146. The first-order valence-corrected chi connectivity index (χ1v) is 9.59. The fourth-order valence-electron chi connectivity index (χ4n) is 2.20. The predicted octanol–water partition coefficient (Wildman–Crippen LogP) is -0.180. The van der Waals surface area contributed by atoms with Gasteiger partial charge >= 0.3 is 5.97 Å². The van der Waals surface area contributed by atoms with Gasteiger partial charge in [0.1, 0.15) is 0 Å². The zero-order chi connectivity index (χ0) is 16.1. The number of carbonyl (C=O) groups is 1. The molecule has 124 valence electrons. The maximum Gasteiger partial charge on any atom is 0.308 e. The third-order valence-corrected chi connectivity index (χ3v) is 5.88. The number of rotatable bonds is 7. The molecule has 0 radical (unpaired) electrons. The molecule has 1 aliphatic rings. The van der Waals surface area contributed by atoms with Crippen molar-refractivity contribution >= 4 is 27.9 Å². The molecule has 1 saturated heterocycles. The Labute approximate surface area is 130 Å². The zero-order valence-electron chi connectivity index (χ0n) is 12.7. The smallest absolute Gasteiger partial charge is 0.308 e. The van der Waals surface area contributed by atoms with Crippen molar-refractivity contribution in [3.63, 3.8) is 0 Å². The zero-order valence-corrected chi connectivity index (χ0v) is 14.3. The maximum absolute atomic E-state index is 12.2. The minimum Gasteiger partial charge on any atom is -0.469 e. The van der Waals surface area contributed by atoms with Gasteiger partial charge in [0.05, 0.1) is 18.6 Å². The minimum atomic E-state index is -3.63. The Kier molecular flexibility index (Phi) is 6.92. The Hall–Kier alpha value is -0.350. The van der Waals surface area contributed by atoms with E-state index < -0.39 is 15.8 Å². The van der Waals surface area contributed by atoms with Crippen molar-refractivity contribution in [3.05, 3.63) is 0 Å². The summed E-state index contributed by atoms with van der Waals surface area (Å²) in [4.78, 5) is 11.4. The second kappa shape index (κ2) is 7.77. The summed E-state index contributed by atoms with van der Waals surface area (Å²) in [5.74, 6) is -0.0797. The fourth-order valence-corrected chi connectivity index (χ4v) is 4.29. The first-order valence-electron chi connectivity index (χ1n) is 6.76. The minimum absolute atomic E-state index is 0.0346. The van der Waals surface area contributed by atoms with Gasteiger partial charge in [-0.1, -0.05) is 0 Å². The molecule has 1 unspecified atom stereocenters. The van der Waals surface area contributed by atoms with Crippen LogP contribution < -0.4 is 4.72 Å². The summed E-state index contributed by atoms with van der Waals surface area (Å²) >= 11 is 1.45. The molecule has 0 aromatic carbocycles. The largest absolute Gasteiger partial charge is 0.469 e. The van der Waals surface area contributed by atoms with Crippen LogP contribution in [0.3, 0.4) is 0 Å². The number of thioether (sulfide) groups is 1. The van der Waals surface area contributed by atoms with Crippen LogP contribution in [0, 0.1) is 5.92 Å². The average Bonchev–Trinajstić information content (AvgIpc) is 2.45. The Bertz CT molecular complexity index is 445. The van der Waals surface area contributed by atoms with Gasteiger partial charge < -0.3 is 9.84 Å². The Morgan fingerprint density at radius 2 is 2.05 bits per heavy atom. The van der Waals surface area contributed by atoms with Gasteiger partial charge in [0.25, 0.3) is 10.2 Å². The van der Waals surface area contributed by atoms with Crippen LogP contribution >= 0.6 is 11.8 Å². The highest BCUT2D eigenvalue weighted by Gasteiger charge is 2.32. The maximum atomic E-state index is 12.2. The molecule has 0 aliphatic carbocycles. The predicted molar refractivity (Wildman–Crippen MR) is 82.2 cm³/mol. The standard InChI is InChI=1S/C12H24N2O5S2/c1-12(16,9-20-3)8-13-21(17,18)14-6-4-10(5-7-14)11(15)19-2/h10,13,16H,4-9H2,1-3H3. The molecule has 0 aromatic heterocycles. The second-order valence-corrected chi connectivity index (χ2v) is 8.07. The van der Waals surface area contributed by atoms with Crippen LogP contribution in [0.25, 0.3) is 0 Å². The first-order chi connectivity index (χ1) is 9.72. The molecule has 0 saturated carbocycles. The Morgan fingerprint density at radius 3 is 2.52 bits per heavy atom. The van der Waals surface area contributed by atoms with Crippen LogP contribution in [-0.4, -0.2) is 68.2 Å². The van der Waals surface area contributed by atoms with Crippen molar-refractivity contribution in [2.24, 2.45) is 5.92 Å². The SMILES string of the molecule is COC(=O)C1CCN(S(=O)(=O)NCC(C)(O)CSC)CC1. The van der Waals surface area contributed by atoms with E-state index in [2.05, 4.69) is 9.46 Å². The molecule has 1 heterocycles. The van der Waals surface area contributed by atoms with Gasteiger partial charge in [0.15, 0.2) is 0 Å². The molecular formula is C12H24N2O5S2. The Morgan fingerprint density at radius 1 is 1.48 bits per heavy atom. The van der Waals surface area contributed by atoms with Crippen LogP contribution in [-0.2, 0) is 19.7 Å². The molecule has 2 N–H and O–H groups in total. The van der Waals surface area contributed by atoms with E-state index >= 15 is 0 Å². The summed E-state index contributed by atoms with van der Waals surface area (Å²) in [5.41, 5.74) is -1.09. The van der Waals surface area contributed by atoms with Crippen LogP contribution in [0.1, 0.15) is 19.8 Å². The lowest BCUT2D eigenvalue weighted by atomic mass is 9.99. The van der Waals surface area contributed by atoms with Crippen LogP contribution in [0.4, 0.5) is 0 Å². The quantitative estimate of drug-likeness (QED) is 0.624. The number of nitrogens with zero attached hydrogens (tertiary/aromatic N) is 1. The molecule has 1 rings (SSSR count). The number of aliphatic hydroxyl groups is 1. The third-order valence-electron chi connectivity index (χ3n) is 3.42. The summed E-state index contributed by atoms with van der Waals surface area (Å²) in [6.45, 7) is 2.11. The van der Waals surface area contributed by atoms with Gasteiger partial charge in [-0.3, -0.25) is 4.79 Å². The summed E-state index contributed by atoms with van der Waals surface area (Å²) < 4.78 is 32.7. The number of nitrogens with one attached hydrogen (secondary N) is 1. The molecular weight excluding hydrogens is 316 g/mol. The van der Waals surface area contributed by atoms with Gasteiger partial charge in [-0.25, -0.2) is 0 Å². The molecule has 1 aliphatic heterocycles. The number of methoxy groups -OCH3 is 1. The van der Waals surface area contributed by atoms with E-state index in [0.29, 0.717) is 18.6 Å². The molecule has 0 spiro atoms. The van der Waals surface area contributed by atoms with Gasteiger partial charge in [-0.05, 0) is 26.0 Å². The third kappa shape index (κ3) is 5.74. The highest BCUT2D eigenvalue weighted by Crippen LogP contribution is 2.20. The van der Waals surface area contributed by atoms with E-state index in [-0.39, 0.29) is 31.5 Å². The topological polar surface area (TPSA) is 95.9 Å². The van der Waals surface area contributed by atoms with Crippen LogP contribution in [0.5, 0.6) is 0 Å². The second-order valence-electron chi connectivity index (χ2n) is 5.45. The van der Waals surface area contributed by atoms with Gasteiger partial charge in [0, 0.05) is 25.4 Å². The molecule has 1 atom stereocenters. The monoisotopic (exact) mass is 340 g/mol. The van der Waals surface area contributed by atoms with Crippen molar-refractivity contribution in [3.8, 4) is 0 Å². The Balaban J connectivity index is 2.52. The van der Waals surface area contributed by atoms with Crippen LogP contribution in [0.2, 0.25) is 0 Å². The number of hydrogen-bond acceptors (Lipinski definition) is 6. The summed E-state index contributed by atoms with van der Waals surface area (Å²) in [6, 6.07) is 0. The van der Waals surface area contributed by atoms with Gasteiger partial charge in [0.2, 0.25) is 0 Å². The molecule has 21 heavy (non-hydrogen) atoms. The van der Waals surface area contributed by atoms with Crippen LogP contribution in [0.15, 0.2) is 0 Å². The summed E-state index contributed by atoms with van der Waals surface area (Å²) in [5, 5.41) is 10.00. The number of piperidine rings is 1. The fraction of sp³-hybridized carbons (Fsp3) is 0.917. The van der Waals surface area contributed by atoms with Gasteiger partial charge in [-0.15, -0.1) is 0 Å². The van der Waals surface area contributed by atoms with E-state index in [1.54, 1.807) is 6.92 Å². The van der Waals surface area contributed by atoms with E-state index in [1.165, 1.54) is 23.2 Å². The highest BCUT2D eigenvalue weighted by molar-refractivity contribution is 7.98. The van der Waals surface area contributed by atoms with Crippen molar-refractivity contribution < 1.29 is 23.1 Å². The molecule has 0 aromatic rings. The van der Waals surface area contributed by atoms with Crippen molar-refractivity contribution in [2.75, 3.05) is 38.8 Å². The van der Waals surface area contributed by atoms with E-state index in [9.17, 15) is 18.3 Å². The number of hydrogen-bond donors (Lipinski definition) is 2. The normalized spacial score (nSPS) is 21.0. The van der Waals surface area contributed by atoms with Crippen molar-refractivity contribution in [2.45, 2.75) is 25.4 Å². The summed E-state index contributed by atoms with van der Waals surface area (Å²) in [6.07, 6.45) is 2.75. The number of esters is 1. The summed E-state index contributed by atoms with van der Waals surface area (Å²) in [7, 11) is -2.29. The number of ether oxygens (including phenoxy) is 1. The lowest BCUT2D eigenvalue weighted by Gasteiger charge is -2.31. The molecule has 1 fully saturated rings. The number of carbonyl (C=O) groups excluding carboxylic acids is 1. The molecule has 0 bridgehead atoms. The molecule has 9 heteroatoms. The lowest BCUT2D eigenvalue weighted by Crippen LogP contribution is -2.50. The first kappa shape index (κ1) is 18.7. The van der Waals surface area contributed by atoms with Gasteiger partial charge in [-0.2, -0.15) is 29.2 Å². The average molecular weight is 340 g/mol. The van der Waals surface area contributed by atoms with E-state index in [4.69, 9.17) is 0 Å². The van der Waals surface area contributed by atoms with Crippen molar-refractivity contribution in [1.82, 2.24) is 9.03 Å². The van der Waals surface area contributed by atoms with E-state index in [1.807, 2.05) is 6.26 Å². The van der Waals surface area contributed by atoms with E-state index in [0.717, 1.165) is 0 Å². The molecule has 0 amide bonds. The highest BCUT2D eigenvalue weighted by atomic mass is 32.2. The van der Waals surface area contributed by atoms with Crippen molar-refractivity contribution in [1.29, 1.82) is 0 Å². The molecule has 7 nitrogen and oxygen atoms in total.